The van der Waals surface area contributed by atoms with Crippen molar-refractivity contribution in [1.82, 2.24) is 10.6 Å². The van der Waals surface area contributed by atoms with Crippen molar-refractivity contribution in [3.8, 4) is 0 Å². The van der Waals surface area contributed by atoms with E-state index in [2.05, 4.69) is 46.2 Å². The second-order valence-corrected chi connectivity index (χ2v) is 37.3. The molecular weight excluding hydrogens is 614 g/mol. The molecule has 2 rings (SSSR count). The van der Waals surface area contributed by atoms with Gasteiger partial charge in [0.1, 0.15) is 0 Å². The van der Waals surface area contributed by atoms with Gasteiger partial charge in [0.25, 0.3) is 0 Å². The zero-order valence-corrected chi connectivity index (χ0v) is 22.8. The van der Waals surface area contributed by atoms with E-state index in [1.807, 2.05) is 0 Å². The van der Waals surface area contributed by atoms with Crippen LogP contribution in [-0.2, 0) is 15.6 Å². The molecule has 7 heteroatoms. The van der Waals surface area contributed by atoms with E-state index in [0.717, 1.165) is 26.2 Å². The summed E-state index contributed by atoms with van der Waals surface area (Å²) in [5.74, 6) is 1.38. The monoisotopic (exact) mass is 650 g/mol. The van der Waals surface area contributed by atoms with Crippen molar-refractivity contribution >= 4 is 35.5 Å². The average molecular weight is 649 g/mol. The van der Waals surface area contributed by atoms with Crippen LogP contribution in [0.15, 0.2) is 0 Å². The number of halogens is 2. The Balaban J connectivity index is 0.000000816. The van der Waals surface area contributed by atoms with Crippen LogP contribution >= 0.6 is 35.5 Å². The molecule has 0 spiro atoms. The molecule has 0 heterocycles. The first-order chi connectivity index (χ1) is 11.2. The first-order valence-electron chi connectivity index (χ1n) is 9.23. The fourth-order valence-electron chi connectivity index (χ4n) is 3.73. The molecule has 0 amide bonds. The summed E-state index contributed by atoms with van der Waals surface area (Å²) >= 11 is 4.90. The van der Waals surface area contributed by atoms with Crippen LogP contribution in [0.2, 0.25) is 0 Å². The summed E-state index contributed by atoms with van der Waals surface area (Å²) in [6.45, 7) is 4.27. The van der Waals surface area contributed by atoms with Crippen LogP contribution < -0.4 is 22.1 Å². The zero-order chi connectivity index (χ0) is 16.9. The van der Waals surface area contributed by atoms with Crippen LogP contribution in [0.25, 0.3) is 0 Å². The fourth-order valence-corrected chi connectivity index (χ4v) is 3.73. The predicted octanol–water partition coefficient (Wildman–Crippen LogP) is 2.97. The number of hydrogen-bond donors (Lipinski definition) is 4. The Morgan fingerprint density at radius 3 is 1.43 bits per heavy atom. The first-order valence-corrected chi connectivity index (χ1v) is 32.8. The maximum absolute atomic E-state index is 6.16. The molecule has 0 saturated heterocycles. The van der Waals surface area contributed by atoms with E-state index in [1.165, 1.54) is 51.4 Å². The SMILES string of the molecule is NC1CCCCC1CNCCNCC1CCCCC1N.[I][Cd][I]. The number of nitrogens with two attached hydrogens (primary N) is 2. The van der Waals surface area contributed by atoms with E-state index in [9.17, 15) is 0 Å². The van der Waals surface area contributed by atoms with Gasteiger partial charge in [-0.3, -0.25) is 0 Å². The van der Waals surface area contributed by atoms with E-state index in [1.54, 1.807) is 0 Å². The average Bonchev–Trinajstić information content (AvgIpc) is 2.55. The van der Waals surface area contributed by atoms with Gasteiger partial charge in [-0.15, -0.1) is 0 Å². The molecule has 134 valence electrons. The first kappa shape index (κ1) is 23.3. The molecule has 0 radical (unpaired) electrons. The van der Waals surface area contributed by atoms with Gasteiger partial charge in [0.15, 0.2) is 0 Å². The van der Waals surface area contributed by atoms with Gasteiger partial charge in [-0.1, -0.05) is 25.7 Å². The molecule has 0 aromatic heterocycles. The van der Waals surface area contributed by atoms with Crippen molar-refractivity contribution in [3.63, 3.8) is 0 Å². The Labute approximate surface area is 172 Å². The Morgan fingerprint density at radius 1 is 0.739 bits per heavy atom. The van der Waals surface area contributed by atoms with E-state index in [-0.39, 0.29) is 15.6 Å². The molecule has 4 atom stereocenters. The van der Waals surface area contributed by atoms with Crippen molar-refractivity contribution < 1.29 is 15.6 Å². The maximum atomic E-state index is 6.16. The minimum atomic E-state index is -0.0700. The summed E-state index contributed by atoms with van der Waals surface area (Å²) in [6, 6.07) is 0.842. The van der Waals surface area contributed by atoms with Gasteiger partial charge in [-0.25, -0.2) is 0 Å². The molecule has 2 fully saturated rings. The Hall–Kier alpha value is 2.22. The molecular formula is C16H34CdI2N4. The second kappa shape index (κ2) is 15.3. The third-order valence-electron chi connectivity index (χ3n) is 5.23. The molecule has 2 aliphatic carbocycles. The summed E-state index contributed by atoms with van der Waals surface area (Å²) in [4.78, 5) is 0. The van der Waals surface area contributed by atoms with Crippen LogP contribution in [0.5, 0.6) is 0 Å². The van der Waals surface area contributed by atoms with Crippen LogP contribution in [0.1, 0.15) is 51.4 Å². The Bertz CT molecular complexity index is 261. The minimum absolute atomic E-state index is 0.0700. The molecule has 4 unspecified atom stereocenters. The Morgan fingerprint density at radius 2 is 1.09 bits per heavy atom. The number of nitrogens with one attached hydrogen (secondary N) is 2. The van der Waals surface area contributed by atoms with Gasteiger partial charge in [-0.05, 0) is 50.6 Å². The van der Waals surface area contributed by atoms with Crippen molar-refractivity contribution in [2.45, 2.75) is 63.5 Å². The summed E-state index contributed by atoms with van der Waals surface area (Å²) in [6.07, 6.45) is 10.4. The molecule has 23 heavy (non-hydrogen) atoms. The molecule has 2 aliphatic rings. The topological polar surface area (TPSA) is 76.1 Å². The summed E-state index contributed by atoms with van der Waals surface area (Å²) in [5, 5.41) is 7.12. The van der Waals surface area contributed by atoms with Gasteiger partial charge in [0.05, 0.1) is 0 Å². The van der Waals surface area contributed by atoms with Crippen molar-refractivity contribution in [1.29, 1.82) is 0 Å². The molecule has 0 aromatic carbocycles. The van der Waals surface area contributed by atoms with Gasteiger partial charge < -0.3 is 22.1 Å². The van der Waals surface area contributed by atoms with Gasteiger partial charge in [0, 0.05) is 25.2 Å². The van der Waals surface area contributed by atoms with E-state index < -0.39 is 0 Å². The van der Waals surface area contributed by atoms with Gasteiger partial charge >= 0.3 is 51.2 Å². The van der Waals surface area contributed by atoms with Crippen LogP contribution in [-0.4, -0.2) is 38.3 Å². The summed E-state index contributed by atoms with van der Waals surface area (Å²) in [5.41, 5.74) is 12.3. The van der Waals surface area contributed by atoms with Crippen molar-refractivity contribution in [2.75, 3.05) is 26.2 Å². The molecule has 2 saturated carbocycles. The van der Waals surface area contributed by atoms with Crippen molar-refractivity contribution in [3.05, 3.63) is 0 Å². The van der Waals surface area contributed by atoms with E-state index in [4.69, 9.17) is 11.5 Å². The van der Waals surface area contributed by atoms with Crippen LogP contribution in [0, 0.1) is 11.8 Å². The predicted molar refractivity (Wildman–Crippen MR) is 114 cm³/mol. The van der Waals surface area contributed by atoms with Crippen LogP contribution in [0.3, 0.4) is 0 Å². The number of rotatable bonds is 7. The second-order valence-electron chi connectivity index (χ2n) is 6.93. The number of hydrogen-bond acceptors (Lipinski definition) is 4. The standard InChI is InChI=1S/C16H34N4.Cd.2HI/c17-15-7-3-1-5-13(15)11-19-9-10-20-12-14-6-2-4-8-16(14)18;;;/h13-16,19-20H,1-12,17-18H2;;2*1H/q;+2;;/p-2. The third-order valence-corrected chi connectivity index (χ3v) is 5.23. The molecule has 0 bridgehead atoms. The molecule has 4 nitrogen and oxygen atoms in total. The van der Waals surface area contributed by atoms with Crippen LogP contribution in [0.4, 0.5) is 0 Å². The fraction of sp³-hybridized carbons (Fsp3) is 1.00. The summed E-state index contributed by atoms with van der Waals surface area (Å²) in [7, 11) is 0. The molecule has 6 N–H and O–H groups in total. The zero-order valence-electron chi connectivity index (χ0n) is 14.4. The van der Waals surface area contributed by atoms with Gasteiger partial charge in [0.2, 0.25) is 0 Å². The van der Waals surface area contributed by atoms with Crippen molar-refractivity contribution in [2.24, 2.45) is 23.3 Å². The van der Waals surface area contributed by atoms with Gasteiger partial charge in [-0.2, -0.15) is 0 Å². The van der Waals surface area contributed by atoms with E-state index in [0.29, 0.717) is 23.9 Å². The third kappa shape index (κ3) is 10.8. The summed E-state index contributed by atoms with van der Waals surface area (Å²) < 4.78 is 0. The normalized spacial score (nSPS) is 31.0. The Kier molecular flexibility index (Phi) is 15.5. The van der Waals surface area contributed by atoms with E-state index >= 15 is 0 Å². The quantitative estimate of drug-likeness (QED) is 0.195. The molecule has 0 aromatic rings. The molecule has 0 aliphatic heterocycles.